The molecule has 4 N–H and O–H groups in total. The van der Waals surface area contributed by atoms with E-state index in [2.05, 4.69) is 0 Å². The normalized spacial score (nSPS) is 15.6. The van der Waals surface area contributed by atoms with Crippen molar-refractivity contribution in [3.63, 3.8) is 0 Å². The molecule has 0 heterocycles. The number of carbonyl (C=O) groups is 1. The van der Waals surface area contributed by atoms with E-state index in [1.807, 2.05) is 0 Å². The summed E-state index contributed by atoms with van der Waals surface area (Å²) in [5.41, 5.74) is 10.0. The van der Waals surface area contributed by atoms with Crippen molar-refractivity contribution in [3.05, 3.63) is 54.1 Å². The zero-order chi connectivity index (χ0) is 22.9. The van der Waals surface area contributed by atoms with Gasteiger partial charge in [-0.05, 0) is 41.2 Å². The van der Waals surface area contributed by atoms with E-state index in [-0.39, 0.29) is 22.8 Å². The summed E-state index contributed by atoms with van der Waals surface area (Å²) < 4.78 is 65.0. The summed E-state index contributed by atoms with van der Waals surface area (Å²) in [7, 11) is -3.35. The van der Waals surface area contributed by atoms with E-state index in [4.69, 9.17) is 11.5 Å². The highest BCUT2D eigenvalue weighted by Gasteiger charge is 2.55. The Labute approximate surface area is 174 Å². The lowest BCUT2D eigenvalue weighted by molar-refractivity contribution is -0.172. The van der Waals surface area contributed by atoms with Gasteiger partial charge in [0.05, 0.1) is 4.90 Å². The Bertz CT molecular complexity index is 1000. The number of nitrogens with two attached hydrogens (primary N) is 2. The van der Waals surface area contributed by atoms with Crippen LogP contribution in [0, 0.1) is 5.92 Å². The minimum atomic E-state index is -4.78. The fraction of sp³-hybridized carbons (Fsp3) is 0.381. The molecule has 0 aromatic heterocycles. The lowest BCUT2D eigenvalue weighted by Gasteiger charge is -2.37. The fourth-order valence-corrected chi connectivity index (χ4v) is 4.21. The Morgan fingerprint density at radius 2 is 1.40 bits per heavy atom. The predicted octanol–water partition coefficient (Wildman–Crippen LogP) is 3.63. The Morgan fingerprint density at radius 3 is 1.73 bits per heavy atom. The van der Waals surface area contributed by atoms with Crippen molar-refractivity contribution in [2.45, 2.75) is 42.8 Å². The van der Waals surface area contributed by atoms with E-state index < -0.39 is 33.4 Å². The van der Waals surface area contributed by atoms with Crippen molar-refractivity contribution >= 4 is 15.7 Å². The molecular weight excluding hydrogens is 417 g/mol. The molecule has 2 aromatic carbocycles. The standard InChI is InChI=1S/C21H25F3N2O3S/c1-13(2)12-20(26,19(25)27)18(21(22,23)24)16-6-4-14(5-7-16)15-8-10-17(11-9-15)30(3,28)29/h4-11,13,18H,12,26H2,1-3H3,(H2,25,27)/t18?,20-/m0/s1. The second-order valence-electron chi connectivity index (χ2n) is 7.90. The van der Waals surface area contributed by atoms with Gasteiger partial charge in [0, 0.05) is 6.26 Å². The monoisotopic (exact) mass is 442 g/mol. The minimum absolute atomic E-state index is 0.142. The summed E-state index contributed by atoms with van der Waals surface area (Å²) in [4.78, 5) is 12.1. The van der Waals surface area contributed by atoms with E-state index in [1.165, 1.54) is 36.4 Å². The Hall–Kier alpha value is -2.39. The Morgan fingerprint density at radius 1 is 0.967 bits per heavy atom. The summed E-state index contributed by atoms with van der Waals surface area (Å²) in [6.07, 6.45) is -3.92. The third-order valence-electron chi connectivity index (χ3n) is 4.91. The predicted molar refractivity (Wildman–Crippen MR) is 109 cm³/mol. The van der Waals surface area contributed by atoms with Crippen molar-refractivity contribution in [2.24, 2.45) is 17.4 Å². The van der Waals surface area contributed by atoms with Crippen molar-refractivity contribution in [3.8, 4) is 11.1 Å². The maximum atomic E-state index is 13.9. The zero-order valence-electron chi connectivity index (χ0n) is 16.9. The number of rotatable bonds is 7. The average molecular weight is 443 g/mol. The highest BCUT2D eigenvalue weighted by Crippen LogP contribution is 2.44. The van der Waals surface area contributed by atoms with Crippen LogP contribution in [0.4, 0.5) is 13.2 Å². The molecule has 164 valence electrons. The second-order valence-corrected chi connectivity index (χ2v) is 9.91. The third-order valence-corrected chi connectivity index (χ3v) is 6.04. The first-order chi connectivity index (χ1) is 13.7. The van der Waals surface area contributed by atoms with Crippen LogP contribution in [0.1, 0.15) is 31.7 Å². The summed E-state index contributed by atoms with van der Waals surface area (Å²) >= 11 is 0. The SMILES string of the molecule is CC(C)C[C@@](N)(C(N)=O)C(c1ccc(-c2ccc(S(C)(=O)=O)cc2)cc1)C(F)(F)F. The van der Waals surface area contributed by atoms with Crippen molar-refractivity contribution in [1.82, 2.24) is 0 Å². The maximum absolute atomic E-state index is 13.9. The van der Waals surface area contributed by atoms with Crippen molar-refractivity contribution in [1.29, 1.82) is 0 Å². The molecular formula is C21H25F3N2O3S. The largest absolute Gasteiger partial charge is 0.398 e. The van der Waals surface area contributed by atoms with Crippen LogP contribution in [0.15, 0.2) is 53.4 Å². The first-order valence-electron chi connectivity index (χ1n) is 9.22. The molecule has 1 amide bonds. The molecule has 0 radical (unpaired) electrons. The lowest BCUT2D eigenvalue weighted by Crippen LogP contribution is -2.60. The van der Waals surface area contributed by atoms with Gasteiger partial charge in [-0.15, -0.1) is 0 Å². The lowest BCUT2D eigenvalue weighted by atomic mass is 9.74. The molecule has 2 aromatic rings. The van der Waals surface area contributed by atoms with Gasteiger partial charge in [0.2, 0.25) is 5.91 Å². The van der Waals surface area contributed by atoms with E-state index in [1.54, 1.807) is 26.0 Å². The van der Waals surface area contributed by atoms with Gasteiger partial charge < -0.3 is 11.5 Å². The number of halogens is 3. The smallest absolute Gasteiger partial charge is 0.368 e. The molecule has 0 fully saturated rings. The van der Waals surface area contributed by atoms with Gasteiger partial charge in [-0.1, -0.05) is 50.2 Å². The van der Waals surface area contributed by atoms with Gasteiger partial charge in [-0.2, -0.15) is 13.2 Å². The van der Waals surface area contributed by atoms with Gasteiger partial charge in [0.25, 0.3) is 0 Å². The van der Waals surface area contributed by atoms with Gasteiger partial charge in [-0.25, -0.2) is 8.42 Å². The molecule has 0 saturated heterocycles. The van der Waals surface area contributed by atoms with Crippen LogP contribution in [0.5, 0.6) is 0 Å². The summed E-state index contributed by atoms with van der Waals surface area (Å²) in [5, 5.41) is 0. The first kappa shape index (κ1) is 23.9. The molecule has 9 heteroatoms. The minimum Gasteiger partial charge on any atom is -0.368 e. The highest BCUT2D eigenvalue weighted by molar-refractivity contribution is 7.90. The van der Waals surface area contributed by atoms with Crippen LogP contribution >= 0.6 is 0 Å². The Balaban J connectivity index is 2.47. The Kier molecular flexibility index (Phi) is 6.68. The van der Waals surface area contributed by atoms with Crippen LogP contribution < -0.4 is 11.5 Å². The van der Waals surface area contributed by atoms with Crippen LogP contribution in [-0.2, 0) is 14.6 Å². The molecule has 0 bridgehead atoms. The molecule has 2 rings (SSSR count). The molecule has 5 nitrogen and oxygen atoms in total. The first-order valence-corrected chi connectivity index (χ1v) is 11.1. The second kappa shape index (κ2) is 8.39. The number of carbonyl (C=O) groups excluding carboxylic acids is 1. The molecule has 0 aliphatic rings. The number of benzene rings is 2. The van der Waals surface area contributed by atoms with Gasteiger partial charge >= 0.3 is 6.18 Å². The van der Waals surface area contributed by atoms with Gasteiger partial charge in [0.15, 0.2) is 9.84 Å². The quantitative estimate of drug-likeness (QED) is 0.683. The van der Waals surface area contributed by atoms with E-state index in [0.717, 1.165) is 6.26 Å². The molecule has 0 aliphatic heterocycles. The summed E-state index contributed by atoms with van der Waals surface area (Å²) in [6, 6.07) is 11.5. The van der Waals surface area contributed by atoms with E-state index in [9.17, 15) is 26.4 Å². The molecule has 2 atom stereocenters. The maximum Gasteiger partial charge on any atom is 0.398 e. The van der Waals surface area contributed by atoms with Crippen LogP contribution in [-0.4, -0.2) is 32.3 Å². The number of hydrogen-bond acceptors (Lipinski definition) is 4. The highest BCUT2D eigenvalue weighted by atomic mass is 32.2. The zero-order valence-corrected chi connectivity index (χ0v) is 17.7. The van der Waals surface area contributed by atoms with Crippen LogP contribution in [0.2, 0.25) is 0 Å². The van der Waals surface area contributed by atoms with E-state index in [0.29, 0.717) is 11.1 Å². The fourth-order valence-electron chi connectivity index (χ4n) is 3.58. The molecule has 0 saturated carbocycles. The average Bonchev–Trinajstić information content (AvgIpc) is 2.60. The van der Waals surface area contributed by atoms with Gasteiger partial charge in [-0.3, -0.25) is 4.79 Å². The summed E-state index contributed by atoms with van der Waals surface area (Å²) in [5.74, 6) is -3.74. The topological polar surface area (TPSA) is 103 Å². The number of primary amides is 1. The number of sulfone groups is 1. The van der Waals surface area contributed by atoms with E-state index >= 15 is 0 Å². The van der Waals surface area contributed by atoms with Crippen molar-refractivity contribution < 1.29 is 26.4 Å². The summed E-state index contributed by atoms with van der Waals surface area (Å²) in [6.45, 7) is 3.34. The molecule has 0 spiro atoms. The number of amides is 1. The number of hydrogen-bond donors (Lipinski definition) is 2. The molecule has 0 aliphatic carbocycles. The van der Waals surface area contributed by atoms with Crippen LogP contribution in [0.25, 0.3) is 11.1 Å². The molecule has 30 heavy (non-hydrogen) atoms. The van der Waals surface area contributed by atoms with Crippen LogP contribution in [0.3, 0.4) is 0 Å². The van der Waals surface area contributed by atoms with Crippen molar-refractivity contribution in [2.75, 3.05) is 6.26 Å². The third kappa shape index (κ3) is 5.20. The molecule has 1 unspecified atom stereocenters. The number of alkyl halides is 3. The van der Waals surface area contributed by atoms with Gasteiger partial charge in [0.1, 0.15) is 11.5 Å².